The van der Waals surface area contributed by atoms with E-state index in [1.807, 2.05) is 6.07 Å². The van der Waals surface area contributed by atoms with Crippen LogP contribution < -0.4 is 0 Å². The van der Waals surface area contributed by atoms with Gasteiger partial charge in [-0.3, -0.25) is 9.89 Å². The van der Waals surface area contributed by atoms with Gasteiger partial charge in [-0.2, -0.15) is 5.10 Å². The van der Waals surface area contributed by atoms with Crippen molar-refractivity contribution < 1.29 is 9.18 Å². The monoisotopic (exact) mass is 341 g/mol. The minimum atomic E-state index is -0.176. The fourth-order valence-corrected chi connectivity index (χ4v) is 4.25. The molecular weight excluding hydrogens is 329 g/mol. The van der Waals surface area contributed by atoms with Crippen LogP contribution in [-0.4, -0.2) is 33.3 Å². The summed E-state index contributed by atoms with van der Waals surface area (Å²) in [6.45, 7) is 1.03. The Morgan fingerprint density at radius 1 is 1.57 bits per heavy atom. The molecule has 2 heterocycles. The van der Waals surface area contributed by atoms with Crippen molar-refractivity contribution in [3.8, 4) is 0 Å². The first-order valence-electron chi connectivity index (χ1n) is 6.36. The molecule has 1 aliphatic rings. The Balaban J connectivity index is 1.63. The van der Waals surface area contributed by atoms with Crippen molar-refractivity contribution in [2.75, 3.05) is 12.3 Å². The topological polar surface area (TPSA) is 49.0 Å². The molecule has 0 fully saturated rings. The molecule has 0 spiro atoms. The van der Waals surface area contributed by atoms with Crippen molar-refractivity contribution in [1.29, 1.82) is 0 Å². The number of hydrogen-bond acceptors (Lipinski definition) is 5. The second-order valence-corrected chi connectivity index (χ2v) is 7.50. The van der Waals surface area contributed by atoms with E-state index in [2.05, 4.69) is 10.2 Å². The average molecular weight is 341 g/mol. The highest BCUT2D eigenvalue weighted by molar-refractivity contribution is 8.01. The van der Waals surface area contributed by atoms with Crippen LogP contribution in [0.25, 0.3) is 0 Å². The van der Waals surface area contributed by atoms with Crippen LogP contribution >= 0.6 is 35.3 Å². The van der Waals surface area contributed by atoms with Crippen molar-refractivity contribution in [3.05, 3.63) is 39.1 Å². The first-order valence-corrected chi connectivity index (χ1v) is 8.57. The maximum absolute atomic E-state index is 13.6. The first kappa shape index (κ1) is 14.7. The third-order valence-corrected chi connectivity index (χ3v) is 5.52. The highest BCUT2D eigenvalue weighted by Crippen LogP contribution is 2.24. The number of thioether (sulfide) groups is 1. The summed E-state index contributed by atoms with van der Waals surface area (Å²) in [5.74, 6) is 0.183. The number of rotatable bonds is 3. The van der Waals surface area contributed by atoms with Gasteiger partial charge in [0.2, 0.25) is 5.91 Å². The molecule has 2 aromatic rings. The Kier molecular flexibility index (Phi) is 4.37. The molecule has 1 aromatic carbocycles. The summed E-state index contributed by atoms with van der Waals surface area (Å²) < 4.78 is 15.0. The highest BCUT2D eigenvalue weighted by atomic mass is 32.2. The van der Waals surface area contributed by atoms with Gasteiger partial charge in [-0.05, 0) is 35.8 Å². The number of H-pyrrole nitrogens is 1. The molecular formula is C13H12FN3OS3. The van der Waals surface area contributed by atoms with Crippen molar-refractivity contribution in [2.24, 2.45) is 0 Å². The lowest BCUT2D eigenvalue weighted by atomic mass is 9.99. The predicted molar refractivity (Wildman–Crippen MR) is 83.5 cm³/mol. The quantitative estimate of drug-likeness (QED) is 0.689. The molecule has 8 heteroatoms. The van der Waals surface area contributed by atoms with Crippen LogP contribution in [0.5, 0.6) is 0 Å². The molecule has 0 unspecified atom stereocenters. The van der Waals surface area contributed by atoms with E-state index < -0.39 is 0 Å². The Morgan fingerprint density at radius 3 is 3.19 bits per heavy atom. The van der Waals surface area contributed by atoms with Gasteiger partial charge in [0, 0.05) is 13.1 Å². The Bertz CT molecular complexity index is 727. The zero-order valence-corrected chi connectivity index (χ0v) is 13.4. The number of halogens is 1. The number of amides is 1. The second-order valence-electron chi connectivity index (χ2n) is 4.61. The van der Waals surface area contributed by atoms with Gasteiger partial charge in [0.05, 0.1) is 5.75 Å². The maximum Gasteiger partial charge on any atom is 0.233 e. The number of aromatic amines is 1. The smallest absolute Gasteiger partial charge is 0.233 e. The molecule has 1 amide bonds. The van der Waals surface area contributed by atoms with E-state index in [0.717, 1.165) is 15.5 Å². The SMILES string of the molecule is O=C(CSc1n[nH]c(=S)s1)N1CCc2c(F)cccc2C1. The van der Waals surface area contributed by atoms with E-state index in [-0.39, 0.29) is 11.7 Å². The van der Waals surface area contributed by atoms with Crippen LogP contribution in [0, 0.1) is 9.77 Å². The predicted octanol–water partition coefficient (Wildman–Crippen LogP) is 3.02. The van der Waals surface area contributed by atoms with Crippen molar-refractivity contribution in [2.45, 2.75) is 17.3 Å². The minimum Gasteiger partial charge on any atom is -0.337 e. The fraction of sp³-hybridized carbons (Fsp3) is 0.308. The number of fused-ring (bicyclic) bond motifs is 1. The van der Waals surface area contributed by atoms with Crippen molar-refractivity contribution in [3.63, 3.8) is 0 Å². The van der Waals surface area contributed by atoms with Gasteiger partial charge in [-0.1, -0.05) is 35.2 Å². The molecule has 0 radical (unpaired) electrons. The number of nitrogens with one attached hydrogen (secondary N) is 1. The molecule has 0 bridgehead atoms. The van der Waals surface area contributed by atoms with Gasteiger partial charge < -0.3 is 4.90 Å². The number of benzene rings is 1. The van der Waals surface area contributed by atoms with E-state index in [1.165, 1.54) is 29.2 Å². The summed E-state index contributed by atoms with van der Waals surface area (Å²) in [6.07, 6.45) is 0.569. The highest BCUT2D eigenvalue weighted by Gasteiger charge is 2.22. The molecule has 1 aromatic heterocycles. The zero-order chi connectivity index (χ0) is 14.8. The fourth-order valence-electron chi connectivity index (χ4n) is 2.27. The molecule has 3 rings (SSSR count). The lowest BCUT2D eigenvalue weighted by Crippen LogP contribution is -2.37. The number of aromatic nitrogens is 2. The van der Waals surface area contributed by atoms with Crippen LogP contribution in [0.1, 0.15) is 11.1 Å². The van der Waals surface area contributed by atoms with Gasteiger partial charge in [-0.15, -0.1) is 0 Å². The van der Waals surface area contributed by atoms with E-state index in [9.17, 15) is 9.18 Å². The first-order chi connectivity index (χ1) is 10.1. The summed E-state index contributed by atoms with van der Waals surface area (Å²) in [7, 11) is 0. The van der Waals surface area contributed by atoms with Crippen LogP contribution in [0.2, 0.25) is 0 Å². The Labute approximate surface area is 134 Å². The van der Waals surface area contributed by atoms with E-state index >= 15 is 0 Å². The molecule has 0 aliphatic carbocycles. The van der Waals surface area contributed by atoms with Gasteiger partial charge in [0.1, 0.15) is 5.82 Å². The molecule has 110 valence electrons. The largest absolute Gasteiger partial charge is 0.337 e. The normalized spacial score (nSPS) is 14.0. The zero-order valence-electron chi connectivity index (χ0n) is 11.0. The Hall–Kier alpha value is -1.25. The van der Waals surface area contributed by atoms with Crippen molar-refractivity contribution in [1.82, 2.24) is 15.1 Å². The summed E-state index contributed by atoms with van der Waals surface area (Å²) in [5.41, 5.74) is 1.63. The summed E-state index contributed by atoms with van der Waals surface area (Å²) >= 11 is 7.68. The molecule has 21 heavy (non-hydrogen) atoms. The third kappa shape index (κ3) is 3.33. The van der Waals surface area contributed by atoms with E-state index in [1.54, 1.807) is 11.0 Å². The van der Waals surface area contributed by atoms with Crippen LogP contribution in [0.4, 0.5) is 4.39 Å². The summed E-state index contributed by atoms with van der Waals surface area (Å²) in [6, 6.07) is 5.04. The lowest BCUT2D eigenvalue weighted by Gasteiger charge is -2.28. The Morgan fingerprint density at radius 2 is 2.43 bits per heavy atom. The summed E-state index contributed by atoms with van der Waals surface area (Å²) in [4.78, 5) is 14.0. The van der Waals surface area contributed by atoms with Gasteiger partial charge in [0.15, 0.2) is 8.29 Å². The lowest BCUT2D eigenvalue weighted by molar-refractivity contribution is -0.129. The molecule has 0 saturated heterocycles. The molecule has 4 nitrogen and oxygen atoms in total. The van der Waals surface area contributed by atoms with Gasteiger partial charge >= 0.3 is 0 Å². The van der Waals surface area contributed by atoms with Gasteiger partial charge in [0.25, 0.3) is 0 Å². The van der Waals surface area contributed by atoms with E-state index in [4.69, 9.17) is 12.2 Å². The van der Waals surface area contributed by atoms with Crippen LogP contribution in [0.15, 0.2) is 22.5 Å². The summed E-state index contributed by atoms with van der Waals surface area (Å²) in [5, 5.41) is 6.70. The molecule has 1 N–H and O–H groups in total. The third-order valence-electron chi connectivity index (χ3n) is 3.30. The standard InChI is InChI=1S/C13H12FN3OS3/c14-10-3-1-2-8-6-17(5-4-9(8)10)11(18)7-20-13-16-15-12(19)21-13/h1-3H,4-7H2,(H,15,19). The molecule has 0 atom stereocenters. The second kappa shape index (κ2) is 6.25. The van der Waals surface area contributed by atoms with Crippen molar-refractivity contribution >= 4 is 41.2 Å². The molecule has 1 aliphatic heterocycles. The van der Waals surface area contributed by atoms with Crippen LogP contribution in [0.3, 0.4) is 0 Å². The number of hydrogen-bond donors (Lipinski definition) is 1. The van der Waals surface area contributed by atoms with Gasteiger partial charge in [-0.25, -0.2) is 4.39 Å². The number of carbonyl (C=O) groups excluding carboxylic acids is 1. The average Bonchev–Trinajstić information content (AvgIpc) is 2.90. The maximum atomic E-state index is 13.6. The number of nitrogens with zero attached hydrogens (tertiary/aromatic N) is 2. The molecule has 0 saturated carbocycles. The minimum absolute atomic E-state index is 0.0380. The number of carbonyl (C=O) groups is 1. The van der Waals surface area contributed by atoms with Crippen LogP contribution in [-0.2, 0) is 17.8 Å². The van der Waals surface area contributed by atoms with E-state index in [0.29, 0.717) is 29.2 Å².